The van der Waals surface area contributed by atoms with Crippen LogP contribution in [-0.4, -0.2) is 34.0 Å². The number of Topliss-reactive ketones (excluding diaryl/α,β-unsaturated/α-hetero) is 1. The van der Waals surface area contributed by atoms with E-state index in [0.717, 1.165) is 5.56 Å². The van der Waals surface area contributed by atoms with Crippen molar-refractivity contribution in [2.75, 3.05) is 0 Å². The van der Waals surface area contributed by atoms with Crippen LogP contribution in [0.5, 0.6) is 5.75 Å². The summed E-state index contributed by atoms with van der Waals surface area (Å²) in [6.45, 7) is 2.95. The first kappa shape index (κ1) is 20.3. The lowest BCUT2D eigenvalue weighted by Gasteiger charge is -2.10. The van der Waals surface area contributed by atoms with Gasteiger partial charge in [0, 0.05) is 5.56 Å². The first-order chi connectivity index (χ1) is 13.8. The van der Waals surface area contributed by atoms with Crippen LogP contribution in [0.4, 0.5) is 5.69 Å². The van der Waals surface area contributed by atoms with Crippen molar-refractivity contribution in [1.82, 2.24) is 5.32 Å². The van der Waals surface area contributed by atoms with Gasteiger partial charge in [0.1, 0.15) is 5.75 Å². The number of ketones is 1. The van der Waals surface area contributed by atoms with E-state index in [0.29, 0.717) is 27.1 Å². The first-order valence-electron chi connectivity index (χ1n) is 8.72. The Labute approximate surface area is 171 Å². The fraction of sp³-hybridized carbons (Fsp3) is 0.143. The minimum Gasteiger partial charge on any atom is -0.479 e. The van der Waals surface area contributed by atoms with Crippen LogP contribution < -0.4 is 10.1 Å². The molecule has 1 aliphatic rings. The van der Waals surface area contributed by atoms with Crippen molar-refractivity contribution in [3.63, 3.8) is 0 Å². The fourth-order valence-corrected chi connectivity index (χ4v) is 3.26. The van der Waals surface area contributed by atoms with Gasteiger partial charge in [-0.3, -0.25) is 9.59 Å². The van der Waals surface area contributed by atoms with Gasteiger partial charge in [-0.25, -0.2) is 9.79 Å². The second-order valence-corrected chi connectivity index (χ2v) is 7.28. The van der Waals surface area contributed by atoms with Crippen molar-refractivity contribution in [2.24, 2.45) is 4.99 Å². The number of nitrogens with one attached hydrogen (secondary N) is 1. The zero-order valence-electron chi connectivity index (χ0n) is 15.7. The molecule has 2 N–H and O–H groups in total. The second-order valence-electron chi connectivity index (χ2n) is 6.25. The number of carboxylic acid groups (broad SMARTS) is 1. The minimum absolute atomic E-state index is 0.0215. The van der Waals surface area contributed by atoms with E-state index in [1.54, 1.807) is 54.6 Å². The van der Waals surface area contributed by atoms with Gasteiger partial charge >= 0.3 is 5.97 Å². The summed E-state index contributed by atoms with van der Waals surface area (Å²) in [5.41, 5.74) is 2.00. The number of carbonyl (C=O) groups is 3. The predicted octanol–water partition coefficient (Wildman–Crippen LogP) is 3.63. The molecule has 1 aliphatic heterocycles. The Morgan fingerprint density at radius 2 is 1.79 bits per heavy atom. The maximum absolute atomic E-state index is 12.2. The summed E-state index contributed by atoms with van der Waals surface area (Å²) in [5.74, 6) is -0.888. The molecule has 0 spiro atoms. The quantitative estimate of drug-likeness (QED) is 0.557. The van der Waals surface area contributed by atoms with Gasteiger partial charge in [0.15, 0.2) is 17.1 Å². The summed E-state index contributed by atoms with van der Waals surface area (Å²) in [6.07, 6.45) is 0.768. The number of hydrogen-bond donors (Lipinski definition) is 2. The number of aliphatic carboxylic acids is 1. The Kier molecular flexibility index (Phi) is 6.13. The zero-order chi connectivity index (χ0) is 21.0. The monoisotopic (exact) mass is 410 g/mol. The smallest absolute Gasteiger partial charge is 0.344 e. The van der Waals surface area contributed by atoms with Crippen LogP contribution in [0, 0.1) is 0 Å². The Bertz CT molecular complexity index is 1010. The molecule has 0 saturated carbocycles. The molecular weight excluding hydrogens is 392 g/mol. The van der Waals surface area contributed by atoms with Crippen molar-refractivity contribution < 1.29 is 24.2 Å². The number of carboxylic acids is 1. The van der Waals surface area contributed by atoms with E-state index in [1.807, 2.05) is 0 Å². The lowest BCUT2D eigenvalue weighted by molar-refractivity contribution is -0.144. The van der Waals surface area contributed by atoms with Crippen LogP contribution in [-0.2, 0) is 9.59 Å². The van der Waals surface area contributed by atoms with Gasteiger partial charge in [-0.1, -0.05) is 12.1 Å². The fourth-order valence-electron chi connectivity index (χ4n) is 2.42. The van der Waals surface area contributed by atoms with E-state index >= 15 is 0 Å². The Hall–Kier alpha value is -3.39. The third-order valence-corrected chi connectivity index (χ3v) is 4.90. The Morgan fingerprint density at radius 3 is 2.38 bits per heavy atom. The largest absolute Gasteiger partial charge is 0.479 e. The molecule has 1 amide bonds. The highest BCUT2D eigenvalue weighted by Crippen LogP contribution is 2.28. The Morgan fingerprint density at radius 1 is 1.14 bits per heavy atom. The average molecular weight is 410 g/mol. The number of nitrogens with zero attached hydrogens (tertiary/aromatic N) is 1. The van der Waals surface area contributed by atoms with Crippen molar-refractivity contribution in [3.8, 4) is 5.75 Å². The molecule has 1 heterocycles. The summed E-state index contributed by atoms with van der Waals surface area (Å²) in [6, 6.07) is 13.6. The molecule has 7 nitrogen and oxygen atoms in total. The number of ether oxygens (including phenoxy) is 1. The van der Waals surface area contributed by atoms with Gasteiger partial charge < -0.3 is 15.2 Å². The zero-order valence-corrected chi connectivity index (χ0v) is 16.5. The summed E-state index contributed by atoms with van der Waals surface area (Å²) in [4.78, 5) is 39.2. The average Bonchev–Trinajstić information content (AvgIpc) is 3.02. The second kappa shape index (κ2) is 8.74. The summed E-state index contributed by atoms with van der Waals surface area (Å²) < 4.78 is 5.28. The van der Waals surface area contributed by atoms with E-state index < -0.39 is 12.1 Å². The van der Waals surface area contributed by atoms with Crippen LogP contribution in [0.1, 0.15) is 29.8 Å². The maximum atomic E-state index is 12.2. The van der Waals surface area contributed by atoms with Gasteiger partial charge in [-0.05, 0) is 73.6 Å². The van der Waals surface area contributed by atoms with Crippen LogP contribution >= 0.6 is 11.8 Å². The molecule has 2 aromatic carbocycles. The molecule has 2 aromatic rings. The van der Waals surface area contributed by atoms with Gasteiger partial charge in [0.2, 0.25) is 0 Å². The highest BCUT2D eigenvalue weighted by atomic mass is 32.2. The lowest BCUT2D eigenvalue weighted by atomic mass is 10.1. The van der Waals surface area contributed by atoms with E-state index in [2.05, 4.69) is 10.3 Å². The van der Waals surface area contributed by atoms with Crippen LogP contribution in [0.25, 0.3) is 6.08 Å². The lowest BCUT2D eigenvalue weighted by Crippen LogP contribution is -2.22. The number of hydrogen-bond acceptors (Lipinski definition) is 6. The molecule has 1 unspecified atom stereocenters. The molecule has 8 heteroatoms. The number of amides is 1. The van der Waals surface area contributed by atoms with E-state index in [1.165, 1.54) is 25.6 Å². The molecule has 3 rings (SSSR count). The van der Waals surface area contributed by atoms with E-state index in [-0.39, 0.29) is 11.7 Å². The van der Waals surface area contributed by atoms with Gasteiger partial charge in [-0.15, -0.1) is 0 Å². The van der Waals surface area contributed by atoms with Gasteiger partial charge in [-0.2, -0.15) is 0 Å². The molecule has 0 aromatic heterocycles. The van der Waals surface area contributed by atoms with Crippen molar-refractivity contribution in [2.45, 2.75) is 20.0 Å². The molecule has 1 fully saturated rings. The van der Waals surface area contributed by atoms with Gasteiger partial charge in [0.05, 0.1) is 10.6 Å². The molecular formula is C21H18N2O5S. The van der Waals surface area contributed by atoms with Crippen LogP contribution in [0.3, 0.4) is 0 Å². The molecule has 0 radical (unpaired) electrons. The molecule has 29 heavy (non-hydrogen) atoms. The number of carbonyl (C=O) groups excluding carboxylic acids is 2. The number of amidine groups is 1. The number of thioether (sulfide) groups is 1. The summed E-state index contributed by atoms with van der Waals surface area (Å²) in [7, 11) is 0. The third kappa shape index (κ3) is 5.32. The molecule has 0 aliphatic carbocycles. The summed E-state index contributed by atoms with van der Waals surface area (Å²) in [5, 5.41) is 12.0. The van der Waals surface area contributed by atoms with Crippen molar-refractivity contribution >= 4 is 46.4 Å². The van der Waals surface area contributed by atoms with E-state index in [9.17, 15) is 14.4 Å². The van der Waals surface area contributed by atoms with E-state index in [4.69, 9.17) is 9.84 Å². The van der Waals surface area contributed by atoms with Crippen molar-refractivity contribution in [1.29, 1.82) is 0 Å². The van der Waals surface area contributed by atoms with Gasteiger partial charge in [0.25, 0.3) is 5.91 Å². The normalized spacial score (nSPS) is 17.2. The third-order valence-electron chi connectivity index (χ3n) is 3.99. The molecule has 1 atom stereocenters. The standard InChI is InChI=1S/C21H18N2O5S/c1-12(24)15-5-7-16(8-6-15)22-21-23-19(25)18(29-21)11-14-3-9-17(10-4-14)28-13(2)20(26)27/h3-11,13H,1-2H3,(H,26,27)(H,22,23,25)/b18-11+. The highest BCUT2D eigenvalue weighted by molar-refractivity contribution is 8.18. The molecule has 1 saturated heterocycles. The number of benzene rings is 2. The molecule has 148 valence electrons. The Balaban J connectivity index is 1.70. The maximum Gasteiger partial charge on any atom is 0.344 e. The molecule has 0 bridgehead atoms. The van der Waals surface area contributed by atoms with Crippen LogP contribution in [0.2, 0.25) is 0 Å². The van der Waals surface area contributed by atoms with Crippen LogP contribution in [0.15, 0.2) is 58.4 Å². The predicted molar refractivity (Wildman–Crippen MR) is 111 cm³/mol. The first-order valence-corrected chi connectivity index (χ1v) is 9.53. The van der Waals surface area contributed by atoms with Crippen molar-refractivity contribution in [3.05, 3.63) is 64.6 Å². The number of rotatable bonds is 6. The topological polar surface area (TPSA) is 105 Å². The number of aliphatic imine (C=N–C) groups is 1. The summed E-state index contributed by atoms with van der Waals surface area (Å²) >= 11 is 1.21. The highest BCUT2D eigenvalue weighted by Gasteiger charge is 2.23. The SMILES string of the molecule is CC(=O)c1ccc(N=C2NC(=O)/C(=C\c3ccc(OC(C)C(=O)O)cc3)S2)cc1. The minimum atomic E-state index is -1.04.